The van der Waals surface area contributed by atoms with E-state index in [0.29, 0.717) is 28.6 Å². The van der Waals surface area contributed by atoms with Gasteiger partial charge in [-0.2, -0.15) is 9.97 Å². The van der Waals surface area contributed by atoms with Gasteiger partial charge in [0.25, 0.3) is 0 Å². The van der Waals surface area contributed by atoms with Crippen molar-refractivity contribution in [2.24, 2.45) is 0 Å². The number of nitrogen functional groups attached to an aromatic ring is 1. The fourth-order valence-corrected chi connectivity index (χ4v) is 5.18. The van der Waals surface area contributed by atoms with Gasteiger partial charge in [-0.15, -0.1) is 0 Å². The van der Waals surface area contributed by atoms with Crippen LogP contribution >= 0.6 is 11.6 Å². The number of nitrogens with zero attached hydrogens (tertiary/aromatic N) is 3. The predicted octanol–water partition coefficient (Wildman–Crippen LogP) is 5.02. The Balaban J connectivity index is 1.58. The first-order chi connectivity index (χ1) is 15.0. The molecule has 1 aliphatic heterocycles. The van der Waals surface area contributed by atoms with Crippen molar-refractivity contribution in [2.45, 2.75) is 44.6 Å². The number of rotatable bonds is 4. The summed E-state index contributed by atoms with van der Waals surface area (Å²) in [6, 6.07) is 8.12. The van der Waals surface area contributed by atoms with Gasteiger partial charge in [0, 0.05) is 17.0 Å². The highest BCUT2D eigenvalue weighted by atomic mass is 35.5. The minimum Gasteiger partial charge on any atom is -0.462 e. The summed E-state index contributed by atoms with van der Waals surface area (Å²) in [4.78, 5) is 10.9. The number of likely N-dealkylation sites (tertiary alicyclic amines) is 1. The molecule has 7 heteroatoms. The van der Waals surface area contributed by atoms with Crippen LogP contribution < -0.4 is 10.5 Å². The Kier molecular flexibility index (Phi) is 5.44. The first-order valence-electron chi connectivity index (χ1n) is 10.9. The number of ether oxygens (including phenoxy) is 1. The predicted molar refractivity (Wildman–Crippen MR) is 122 cm³/mol. The normalized spacial score (nSPS) is 19.0. The molecule has 162 valence electrons. The average molecular weight is 441 g/mol. The van der Waals surface area contributed by atoms with Crippen LogP contribution in [0, 0.1) is 5.82 Å². The van der Waals surface area contributed by atoms with Crippen LogP contribution in [0.3, 0.4) is 0 Å². The molecule has 2 heterocycles. The smallest absolute Gasteiger partial charge is 0.319 e. The molecule has 31 heavy (non-hydrogen) atoms. The van der Waals surface area contributed by atoms with Gasteiger partial charge >= 0.3 is 6.01 Å². The van der Waals surface area contributed by atoms with Gasteiger partial charge in [0.2, 0.25) is 0 Å². The Morgan fingerprint density at radius 2 is 2.06 bits per heavy atom. The molecule has 0 saturated carbocycles. The summed E-state index contributed by atoms with van der Waals surface area (Å²) >= 11 is 6.57. The maximum Gasteiger partial charge on any atom is 0.319 e. The van der Waals surface area contributed by atoms with Crippen LogP contribution in [0.25, 0.3) is 22.0 Å². The van der Waals surface area contributed by atoms with Crippen LogP contribution in [-0.2, 0) is 12.8 Å². The Morgan fingerprint density at radius 1 is 1.23 bits per heavy atom. The Morgan fingerprint density at radius 3 is 2.87 bits per heavy atom. The summed E-state index contributed by atoms with van der Waals surface area (Å²) in [6.07, 6.45) is 6.40. The van der Waals surface area contributed by atoms with Crippen molar-refractivity contribution in [3.8, 4) is 17.1 Å². The summed E-state index contributed by atoms with van der Waals surface area (Å²) in [7, 11) is 2.07. The SMILES string of the molecule is CN1CCCC1COc1nc(N)c2cc(Cl)c(-c3cccc4c3CCCC4)c(F)c2n1. The number of hydrogen-bond donors (Lipinski definition) is 1. The number of likely N-dealkylation sites (N-methyl/N-ethyl adjacent to an activating group) is 1. The molecule has 1 unspecified atom stereocenters. The standard InChI is InChI=1S/C24H26ClFN4O/c1-30-11-5-8-15(30)13-31-24-28-22-18(23(27)29-24)12-19(25)20(21(22)26)17-10-4-7-14-6-2-3-9-16(14)17/h4,7,10,12,15H,2-3,5-6,8-9,11,13H2,1H3,(H2,27,28,29). The average Bonchev–Trinajstić information content (AvgIpc) is 3.18. The molecule has 2 N–H and O–H groups in total. The molecule has 5 nitrogen and oxygen atoms in total. The molecule has 1 aromatic heterocycles. The van der Waals surface area contributed by atoms with Gasteiger partial charge < -0.3 is 15.4 Å². The molecule has 1 atom stereocenters. The lowest BCUT2D eigenvalue weighted by Gasteiger charge is -2.21. The lowest BCUT2D eigenvalue weighted by atomic mass is 9.85. The number of anilines is 1. The molecule has 2 aromatic carbocycles. The molecule has 1 saturated heterocycles. The molecule has 5 rings (SSSR count). The van der Waals surface area contributed by atoms with Crippen LogP contribution in [0.4, 0.5) is 10.2 Å². The zero-order chi connectivity index (χ0) is 21.5. The number of aromatic nitrogens is 2. The highest BCUT2D eigenvalue weighted by Gasteiger charge is 2.24. The van der Waals surface area contributed by atoms with Crippen LogP contribution in [0.5, 0.6) is 6.01 Å². The number of fused-ring (bicyclic) bond motifs is 2. The monoisotopic (exact) mass is 440 g/mol. The van der Waals surface area contributed by atoms with Gasteiger partial charge in [-0.1, -0.05) is 29.8 Å². The van der Waals surface area contributed by atoms with E-state index in [1.807, 2.05) is 12.1 Å². The second-order valence-corrected chi connectivity index (χ2v) is 8.98. The van der Waals surface area contributed by atoms with Crippen LogP contribution in [0.15, 0.2) is 24.3 Å². The molecule has 1 fully saturated rings. The van der Waals surface area contributed by atoms with Crippen molar-refractivity contribution in [3.63, 3.8) is 0 Å². The van der Waals surface area contributed by atoms with Gasteiger partial charge in [-0.3, -0.25) is 0 Å². The summed E-state index contributed by atoms with van der Waals surface area (Å²) in [5.74, 6) is -0.305. The second-order valence-electron chi connectivity index (χ2n) is 8.57. The zero-order valence-electron chi connectivity index (χ0n) is 17.6. The van der Waals surface area contributed by atoms with Gasteiger partial charge in [0.1, 0.15) is 17.9 Å². The number of benzene rings is 2. The lowest BCUT2D eigenvalue weighted by Crippen LogP contribution is -2.30. The molecular formula is C24H26ClFN4O. The highest BCUT2D eigenvalue weighted by molar-refractivity contribution is 6.34. The van der Waals surface area contributed by atoms with Gasteiger partial charge in [0.05, 0.1) is 5.02 Å². The third-order valence-corrected chi connectivity index (χ3v) is 6.93. The van der Waals surface area contributed by atoms with E-state index in [1.54, 1.807) is 6.07 Å². The quantitative estimate of drug-likeness (QED) is 0.616. The maximum absolute atomic E-state index is 15.9. The third-order valence-electron chi connectivity index (χ3n) is 6.63. The molecule has 0 spiro atoms. The van der Waals surface area contributed by atoms with E-state index in [4.69, 9.17) is 22.1 Å². The molecular weight excluding hydrogens is 415 g/mol. The molecule has 3 aromatic rings. The number of hydrogen-bond acceptors (Lipinski definition) is 5. The minimum atomic E-state index is -0.474. The Hall–Kier alpha value is -2.44. The second kappa shape index (κ2) is 8.24. The van der Waals surface area contributed by atoms with E-state index in [0.717, 1.165) is 50.6 Å². The topological polar surface area (TPSA) is 64.3 Å². The van der Waals surface area contributed by atoms with Crippen molar-refractivity contribution in [1.82, 2.24) is 14.9 Å². The summed E-state index contributed by atoms with van der Waals surface area (Å²) < 4.78 is 21.7. The molecule has 2 aliphatic rings. The maximum atomic E-state index is 15.9. The van der Waals surface area contributed by atoms with Gasteiger partial charge in [-0.05, 0) is 74.9 Å². The van der Waals surface area contributed by atoms with Crippen molar-refractivity contribution in [1.29, 1.82) is 0 Å². The van der Waals surface area contributed by atoms with Crippen molar-refractivity contribution in [2.75, 3.05) is 25.9 Å². The van der Waals surface area contributed by atoms with Gasteiger partial charge in [-0.25, -0.2) is 4.39 Å². The van der Waals surface area contributed by atoms with Crippen molar-refractivity contribution < 1.29 is 9.13 Å². The fourth-order valence-electron chi connectivity index (χ4n) is 4.88. The first kappa shape index (κ1) is 20.5. The van der Waals surface area contributed by atoms with E-state index in [-0.39, 0.29) is 17.3 Å². The highest BCUT2D eigenvalue weighted by Crippen LogP contribution is 2.40. The van der Waals surface area contributed by atoms with Crippen LogP contribution in [-0.4, -0.2) is 41.1 Å². The van der Waals surface area contributed by atoms with E-state index in [9.17, 15) is 0 Å². The summed E-state index contributed by atoms with van der Waals surface area (Å²) in [5.41, 5.74) is 9.96. The number of aryl methyl sites for hydroxylation is 1. The summed E-state index contributed by atoms with van der Waals surface area (Å²) in [6.45, 7) is 1.50. The molecule has 0 radical (unpaired) electrons. The first-order valence-corrected chi connectivity index (χ1v) is 11.3. The largest absolute Gasteiger partial charge is 0.462 e. The number of halogens is 2. The summed E-state index contributed by atoms with van der Waals surface area (Å²) in [5, 5.41) is 0.724. The zero-order valence-corrected chi connectivity index (χ0v) is 18.4. The third kappa shape index (κ3) is 3.72. The van der Waals surface area contributed by atoms with Gasteiger partial charge in [0.15, 0.2) is 5.82 Å². The van der Waals surface area contributed by atoms with E-state index >= 15 is 4.39 Å². The lowest BCUT2D eigenvalue weighted by molar-refractivity contribution is 0.188. The molecule has 0 amide bonds. The van der Waals surface area contributed by atoms with E-state index in [2.05, 4.69) is 28.0 Å². The van der Waals surface area contributed by atoms with Crippen molar-refractivity contribution >= 4 is 28.3 Å². The number of nitrogens with two attached hydrogens (primary N) is 1. The molecule has 1 aliphatic carbocycles. The van der Waals surface area contributed by atoms with Crippen molar-refractivity contribution in [3.05, 3.63) is 46.2 Å². The Bertz CT molecular complexity index is 1150. The van der Waals surface area contributed by atoms with E-state index < -0.39 is 5.82 Å². The van der Waals surface area contributed by atoms with Crippen LogP contribution in [0.1, 0.15) is 36.8 Å². The fraction of sp³-hybridized carbons (Fsp3) is 0.417. The Labute approximate surface area is 186 Å². The molecule has 0 bridgehead atoms. The minimum absolute atomic E-state index is 0.104. The van der Waals surface area contributed by atoms with Crippen LogP contribution in [0.2, 0.25) is 5.02 Å². The van der Waals surface area contributed by atoms with E-state index in [1.165, 1.54) is 11.1 Å².